The first kappa shape index (κ1) is 30.9. The maximum absolute atomic E-state index is 12.4. The molecule has 41 heavy (non-hydrogen) atoms. The second-order valence-corrected chi connectivity index (χ2v) is 11.1. The quantitative estimate of drug-likeness (QED) is 0.0904. The molecule has 0 bridgehead atoms. The highest BCUT2D eigenvalue weighted by Crippen LogP contribution is 2.37. The van der Waals surface area contributed by atoms with Gasteiger partial charge in [0.15, 0.2) is 0 Å². The number of hydrogen-bond donors (Lipinski definition) is 4. The van der Waals surface area contributed by atoms with Gasteiger partial charge in [0, 0.05) is 38.3 Å². The number of nitrogens with one attached hydrogen (secondary N) is 2. The minimum absolute atomic E-state index is 0.0228. The number of carboxylic acid groups (broad SMARTS) is 1. The number of aliphatic carboxylic acids is 1. The van der Waals surface area contributed by atoms with Gasteiger partial charge in [0.1, 0.15) is 17.6 Å². The molecule has 2 aromatic heterocycles. The van der Waals surface area contributed by atoms with Crippen LogP contribution in [0.5, 0.6) is 11.6 Å². The Bertz CT molecular complexity index is 1530. The van der Waals surface area contributed by atoms with Crippen LogP contribution in [0.3, 0.4) is 0 Å². The summed E-state index contributed by atoms with van der Waals surface area (Å²) in [6, 6.07) is 3.24. The first-order valence-electron chi connectivity index (χ1n) is 12.3. The summed E-state index contributed by atoms with van der Waals surface area (Å²) in [6.45, 7) is 0.315. The van der Waals surface area contributed by atoms with Crippen molar-refractivity contribution < 1.29 is 32.8 Å². The number of unbranched alkanes of at least 4 members (excludes halogenated alkanes) is 1. The molecular formula is C24H30N8O8S. The fourth-order valence-corrected chi connectivity index (χ4v) is 4.16. The van der Waals surface area contributed by atoms with Crippen LogP contribution in [-0.2, 0) is 25.8 Å². The Labute approximate surface area is 235 Å². The zero-order valence-electron chi connectivity index (χ0n) is 22.5. The van der Waals surface area contributed by atoms with Crippen LogP contribution in [0.1, 0.15) is 24.8 Å². The third-order valence-electron chi connectivity index (χ3n) is 5.71. The number of carbonyl (C=O) groups is 2. The predicted molar refractivity (Wildman–Crippen MR) is 146 cm³/mol. The summed E-state index contributed by atoms with van der Waals surface area (Å²) in [6.07, 6.45) is 4.75. The minimum Gasteiger partial charge on any atom is -0.480 e. The van der Waals surface area contributed by atoms with E-state index < -0.39 is 49.3 Å². The monoisotopic (exact) mass is 590 g/mol. The van der Waals surface area contributed by atoms with E-state index in [9.17, 15) is 33.2 Å². The number of sulfone groups is 1. The van der Waals surface area contributed by atoms with E-state index in [1.165, 1.54) is 23.2 Å². The molecule has 3 rings (SSSR count). The van der Waals surface area contributed by atoms with Gasteiger partial charge in [-0.05, 0) is 49.6 Å². The standard InChI is InChI=1S/C24H30N8O8S/c1-31(2)18(33)12-14-10-15(20-26-8-9-27-20)13-16(11-14)40-22-19(32(36)37)21(29-24(30-22)41(3,38)39)28-17(23(34)35)6-4-5-7-25/h8-11,13,17H,4-7,12,25H2,1-3H3,(H,26,27)(H,34,35)(H,28,29,30). The minimum atomic E-state index is -4.13. The number of nitrogens with two attached hydrogens (primary N) is 1. The summed E-state index contributed by atoms with van der Waals surface area (Å²) in [5.41, 5.74) is 5.54. The molecule has 3 aromatic rings. The number of H-pyrrole nitrogens is 1. The van der Waals surface area contributed by atoms with Gasteiger partial charge in [-0.1, -0.05) is 0 Å². The van der Waals surface area contributed by atoms with Crippen LogP contribution < -0.4 is 15.8 Å². The van der Waals surface area contributed by atoms with Crippen molar-refractivity contribution in [2.75, 3.05) is 32.2 Å². The molecule has 220 valence electrons. The van der Waals surface area contributed by atoms with Crippen LogP contribution in [0.2, 0.25) is 0 Å². The van der Waals surface area contributed by atoms with E-state index >= 15 is 0 Å². The summed E-state index contributed by atoms with van der Waals surface area (Å²) < 4.78 is 30.6. The van der Waals surface area contributed by atoms with Gasteiger partial charge in [0.2, 0.25) is 21.6 Å². The number of carbonyl (C=O) groups excluding carboxylic acids is 1. The van der Waals surface area contributed by atoms with Gasteiger partial charge in [-0.15, -0.1) is 0 Å². The van der Waals surface area contributed by atoms with E-state index in [0.717, 1.165) is 6.26 Å². The number of hydrogen-bond acceptors (Lipinski definition) is 12. The average molecular weight is 591 g/mol. The van der Waals surface area contributed by atoms with Gasteiger partial charge >= 0.3 is 17.5 Å². The summed E-state index contributed by atoms with van der Waals surface area (Å²) in [7, 11) is -0.960. The summed E-state index contributed by atoms with van der Waals surface area (Å²) >= 11 is 0. The van der Waals surface area contributed by atoms with Gasteiger partial charge in [-0.3, -0.25) is 14.9 Å². The lowest BCUT2D eigenvalue weighted by Gasteiger charge is -2.17. The Morgan fingerprint density at radius 1 is 1.24 bits per heavy atom. The number of aromatic nitrogens is 4. The number of imidazole rings is 1. The molecule has 0 saturated carbocycles. The zero-order valence-corrected chi connectivity index (χ0v) is 23.3. The molecule has 1 amide bonds. The van der Waals surface area contributed by atoms with Crippen LogP contribution in [0.25, 0.3) is 11.4 Å². The normalized spacial score (nSPS) is 12.0. The second-order valence-electron chi connectivity index (χ2n) is 9.23. The molecule has 1 unspecified atom stereocenters. The SMILES string of the molecule is CN(C)C(=O)Cc1cc(Oc2nc(S(C)(=O)=O)nc(NC(CCCCN)C(=O)O)c2[N+](=O)[O-])cc(-c2ncc[nH]2)c1. The molecule has 1 atom stereocenters. The van der Waals surface area contributed by atoms with E-state index in [-0.39, 0.29) is 24.5 Å². The Morgan fingerprint density at radius 2 is 1.98 bits per heavy atom. The molecule has 1 aromatic carbocycles. The molecule has 17 heteroatoms. The first-order chi connectivity index (χ1) is 19.3. The lowest BCUT2D eigenvalue weighted by Crippen LogP contribution is -2.30. The van der Waals surface area contributed by atoms with E-state index in [4.69, 9.17) is 10.5 Å². The maximum atomic E-state index is 12.4. The summed E-state index contributed by atoms with van der Waals surface area (Å²) in [5.74, 6) is -2.58. The van der Waals surface area contributed by atoms with Crippen LogP contribution in [0.15, 0.2) is 35.7 Å². The van der Waals surface area contributed by atoms with Crippen LogP contribution >= 0.6 is 0 Å². The Hall–Kier alpha value is -4.64. The number of nitro groups is 1. The highest BCUT2D eigenvalue weighted by Gasteiger charge is 2.32. The third kappa shape index (κ3) is 8.18. The second kappa shape index (κ2) is 13.1. The Morgan fingerprint density at radius 3 is 2.54 bits per heavy atom. The van der Waals surface area contributed by atoms with E-state index in [1.54, 1.807) is 26.4 Å². The molecule has 0 aliphatic heterocycles. The van der Waals surface area contributed by atoms with Crippen molar-refractivity contribution in [2.45, 2.75) is 36.9 Å². The highest BCUT2D eigenvalue weighted by molar-refractivity contribution is 7.90. The summed E-state index contributed by atoms with van der Waals surface area (Å²) in [4.78, 5) is 51.6. The highest BCUT2D eigenvalue weighted by atomic mass is 32.2. The fraction of sp³-hybridized carbons (Fsp3) is 0.375. The van der Waals surface area contributed by atoms with Crippen LogP contribution in [0, 0.1) is 10.1 Å². The number of likely N-dealkylation sites (N-methyl/N-ethyl adjacent to an activating group) is 1. The van der Waals surface area contributed by atoms with Crippen LogP contribution in [-0.4, -0.2) is 88.1 Å². The zero-order chi connectivity index (χ0) is 30.3. The van der Waals surface area contributed by atoms with Gasteiger partial charge in [0.25, 0.3) is 5.16 Å². The number of amides is 1. The van der Waals surface area contributed by atoms with Crippen molar-refractivity contribution >= 4 is 33.2 Å². The fourth-order valence-electron chi connectivity index (χ4n) is 3.66. The number of rotatable bonds is 14. The molecular weight excluding hydrogens is 560 g/mol. The summed E-state index contributed by atoms with van der Waals surface area (Å²) in [5, 5.41) is 23.5. The van der Waals surface area contributed by atoms with Crippen molar-refractivity contribution in [1.29, 1.82) is 0 Å². The molecule has 0 radical (unpaired) electrons. The largest absolute Gasteiger partial charge is 0.480 e. The molecule has 2 heterocycles. The van der Waals surface area contributed by atoms with Crippen molar-refractivity contribution in [3.8, 4) is 23.0 Å². The van der Waals surface area contributed by atoms with Gasteiger partial charge in [-0.25, -0.2) is 18.2 Å². The molecule has 5 N–H and O–H groups in total. The van der Waals surface area contributed by atoms with E-state index in [0.29, 0.717) is 36.3 Å². The first-order valence-corrected chi connectivity index (χ1v) is 14.2. The number of nitrogens with zero attached hydrogens (tertiary/aromatic N) is 5. The maximum Gasteiger partial charge on any atom is 0.373 e. The number of anilines is 1. The van der Waals surface area contributed by atoms with Gasteiger partial charge in [0.05, 0.1) is 11.3 Å². The van der Waals surface area contributed by atoms with Crippen LogP contribution in [0.4, 0.5) is 11.5 Å². The lowest BCUT2D eigenvalue weighted by atomic mass is 10.1. The number of aromatic amines is 1. The molecule has 0 fully saturated rings. The predicted octanol–water partition coefficient (Wildman–Crippen LogP) is 1.60. The molecule has 16 nitrogen and oxygen atoms in total. The smallest absolute Gasteiger partial charge is 0.373 e. The topological polar surface area (TPSA) is 237 Å². The number of ether oxygens (including phenoxy) is 1. The lowest BCUT2D eigenvalue weighted by molar-refractivity contribution is -0.385. The number of carboxylic acids is 1. The van der Waals surface area contributed by atoms with E-state index in [1.807, 2.05) is 0 Å². The van der Waals surface area contributed by atoms with Gasteiger partial charge in [-0.2, -0.15) is 9.97 Å². The van der Waals surface area contributed by atoms with Gasteiger partial charge < -0.3 is 30.8 Å². The average Bonchev–Trinajstić information content (AvgIpc) is 3.42. The Balaban J connectivity index is 2.16. The molecule has 0 saturated heterocycles. The Kier molecular flexibility index (Phi) is 9.90. The van der Waals surface area contributed by atoms with Crippen molar-refractivity contribution in [3.05, 3.63) is 46.3 Å². The van der Waals surface area contributed by atoms with Crippen molar-refractivity contribution in [3.63, 3.8) is 0 Å². The number of benzene rings is 1. The van der Waals surface area contributed by atoms with E-state index in [2.05, 4.69) is 25.3 Å². The molecule has 0 aliphatic rings. The van der Waals surface area contributed by atoms with Crippen molar-refractivity contribution in [1.82, 2.24) is 24.8 Å². The van der Waals surface area contributed by atoms with Crippen molar-refractivity contribution in [2.24, 2.45) is 5.73 Å². The molecule has 0 aliphatic carbocycles. The molecule has 0 spiro atoms. The third-order valence-corrected chi connectivity index (χ3v) is 6.55.